The molecule has 1 atom stereocenters. The maximum Gasteiger partial charge on any atom is 0.211 e. The van der Waals surface area contributed by atoms with Gasteiger partial charge in [0.25, 0.3) is 0 Å². The van der Waals surface area contributed by atoms with Crippen molar-refractivity contribution in [3.05, 3.63) is 24.3 Å². The molecule has 0 radical (unpaired) electrons. The van der Waals surface area contributed by atoms with E-state index >= 15 is 0 Å². The van der Waals surface area contributed by atoms with Gasteiger partial charge in [0.15, 0.2) is 0 Å². The van der Waals surface area contributed by atoms with E-state index in [0.717, 1.165) is 0 Å². The van der Waals surface area contributed by atoms with Crippen LogP contribution < -0.4 is 10.1 Å². The highest BCUT2D eigenvalue weighted by atomic mass is 16.5. The molecule has 0 heterocycles. The second kappa shape index (κ2) is 5.24. The van der Waals surface area contributed by atoms with E-state index in [9.17, 15) is 4.79 Å². The van der Waals surface area contributed by atoms with Crippen LogP contribution in [0.25, 0.3) is 0 Å². The summed E-state index contributed by atoms with van der Waals surface area (Å²) in [5.74, 6) is 0.669. The van der Waals surface area contributed by atoms with Gasteiger partial charge in [-0.15, -0.1) is 0 Å². The van der Waals surface area contributed by atoms with Gasteiger partial charge in [-0.1, -0.05) is 0 Å². The van der Waals surface area contributed by atoms with Gasteiger partial charge >= 0.3 is 0 Å². The minimum Gasteiger partial charge on any atom is -0.491 e. The molecule has 4 nitrogen and oxygen atoms in total. The fourth-order valence-electron chi connectivity index (χ4n) is 0.932. The van der Waals surface area contributed by atoms with E-state index < -0.39 is 6.10 Å². The standard InChI is InChI=1S/C10H13NO3/c1-8(13)6-14-10-4-2-9(3-5-10)11-7-12/h2-5,7-8,13H,6H2,1H3,(H,11,12). The molecule has 76 valence electrons. The van der Waals surface area contributed by atoms with Crippen LogP contribution in [0.15, 0.2) is 24.3 Å². The Morgan fingerprint density at radius 3 is 2.64 bits per heavy atom. The number of rotatable bonds is 5. The van der Waals surface area contributed by atoms with E-state index in [1.807, 2.05) is 0 Å². The SMILES string of the molecule is CC(O)COc1ccc(NC=O)cc1. The zero-order chi connectivity index (χ0) is 10.4. The number of carbonyl (C=O) groups excluding carboxylic acids is 1. The van der Waals surface area contributed by atoms with Crippen LogP contribution in [-0.2, 0) is 4.79 Å². The third-order valence-corrected chi connectivity index (χ3v) is 1.57. The summed E-state index contributed by atoms with van der Waals surface area (Å²) in [5, 5.41) is 11.5. The van der Waals surface area contributed by atoms with Crippen molar-refractivity contribution in [2.75, 3.05) is 11.9 Å². The molecule has 0 aliphatic carbocycles. The number of aliphatic hydroxyl groups excluding tert-OH is 1. The predicted octanol–water partition coefficient (Wildman–Crippen LogP) is 1.01. The lowest BCUT2D eigenvalue weighted by atomic mass is 10.3. The number of nitrogens with one attached hydrogen (secondary N) is 1. The number of hydrogen-bond donors (Lipinski definition) is 2. The first kappa shape index (κ1) is 10.5. The molecule has 2 N–H and O–H groups in total. The van der Waals surface area contributed by atoms with Crippen molar-refractivity contribution in [3.8, 4) is 5.75 Å². The zero-order valence-corrected chi connectivity index (χ0v) is 7.93. The number of aliphatic hydroxyl groups is 1. The van der Waals surface area contributed by atoms with Crippen molar-refractivity contribution in [2.45, 2.75) is 13.0 Å². The van der Waals surface area contributed by atoms with Crippen molar-refractivity contribution < 1.29 is 14.6 Å². The minimum atomic E-state index is -0.484. The molecule has 1 unspecified atom stereocenters. The first-order valence-electron chi connectivity index (χ1n) is 4.33. The van der Waals surface area contributed by atoms with Gasteiger partial charge in [-0.25, -0.2) is 0 Å². The molecule has 1 rings (SSSR count). The van der Waals surface area contributed by atoms with Crippen LogP contribution in [0.1, 0.15) is 6.92 Å². The van der Waals surface area contributed by atoms with Gasteiger partial charge in [-0.05, 0) is 31.2 Å². The molecule has 1 amide bonds. The van der Waals surface area contributed by atoms with E-state index in [4.69, 9.17) is 9.84 Å². The van der Waals surface area contributed by atoms with Crippen molar-refractivity contribution >= 4 is 12.1 Å². The summed E-state index contributed by atoms with van der Waals surface area (Å²) in [6, 6.07) is 6.92. The normalized spacial score (nSPS) is 11.9. The summed E-state index contributed by atoms with van der Waals surface area (Å²) >= 11 is 0. The van der Waals surface area contributed by atoms with Crippen molar-refractivity contribution in [3.63, 3.8) is 0 Å². The molecule has 0 bridgehead atoms. The van der Waals surface area contributed by atoms with Gasteiger partial charge in [0.05, 0.1) is 6.10 Å². The Morgan fingerprint density at radius 1 is 1.50 bits per heavy atom. The third kappa shape index (κ3) is 3.45. The number of hydrogen-bond acceptors (Lipinski definition) is 3. The summed E-state index contributed by atoms with van der Waals surface area (Å²) in [7, 11) is 0. The van der Waals surface area contributed by atoms with Gasteiger partial charge in [-0.3, -0.25) is 4.79 Å². The first-order chi connectivity index (χ1) is 6.72. The zero-order valence-electron chi connectivity index (χ0n) is 7.93. The smallest absolute Gasteiger partial charge is 0.211 e. The lowest BCUT2D eigenvalue weighted by Gasteiger charge is -2.08. The lowest BCUT2D eigenvalue weighted by molar-refractivity contribution is -0.105. The summed E-state index contributed by atoms with van der Waals surface area (Å²) in [5.41, 5.74) is 0.712. The second-order valence-corrected chi connectivity index (χ2v) is 2.95. The first-order valence-corrected chi connectivity index (χ1v) is 4.33. The maximum atomic E-state index is 10.1. The average Bonchev–Trinajstić information content (AvgIpc) is 2.17. The monoisotopic (exact) mass is 195 g/mol. The minimum absolute atomic E-state index is 0.264. The van der Waals surface area contributed by atoms with Crippen LogP contribution in [0.4, 0.5) is 5.69 Å². The fraction of sp³-hybridized carbons (Fsp3) is 0.300. The van der Waals surface area contributed by atoms with Crippen LogP contribution in [0.5, 0.6) is 5.75 Å². The molecule has 0 aromatic heterocycles. The summed E-state index contributed by atoms with van der Waals surface area (Å²) < 4.78 is 5.23. The largest absolute Gasteiger partial charge is 0.491 e. The molecule has 0 aliphatic heterocycles. The summed E-state index contributed by atoms with van der Waals surface area (Å²) in [6.45, 7) is 1.92. The van der Waals surface area contributed by atoms with Gasteiger partial charge < -0.3 is 15.2 Å². The number of carbonyl (C=O) groups is 1. The van der Waals surface area contributed by atoms with Gasteiger partial charge in [0, 0.05) is 5.69 Å². The van der Waals surface area contributed by atoms with E-state index in [1.54, 1.807) is 31.2 Å². The summed E-state index contributed by atoms with van der Waals surface area (Å²) in [6.07, 6.45) is 0.133. The molecule has 0 aliphatic rings. The third-order valence-electron chi connectivity index (χ3n) is 1.57. The maximum absolute atomic E-state index is 10.1. The molecular weight excluding hydrogens is 182 g/mol. The number of anilines is 1. The number of benzene rings is 1. The molecule has 0 fully saturated rings. The van der Waals surface area contributed by atoms with Crippen molar-refractivity contribution in [2.24, 2.45) is 0 Å². The van der Waals surface area contributed by atoms with Crippen LogP contribution in [0.3, 0.4) is 0 Å². The van der Waals surface area contributed by atoms with E-state index in [0.29, 0.717) is 17.8 Å². The molecule has 4 heteroatoms. The molecule has 0 spiro atoms. The average molecular weight is 195 g/mol. The Labute approximate surface area is 82.5 Å². The highest BCUT2D eigenvalue weighted by Crippen LogP contribution is 2.15. The van der Waals surface area contributed by atoms with Crippen LogP contribution in [0, 0.1) is 0 Å². The van der Waals surface area contributed by atoms with Gasteiger partial charge in [0.2, 0.25) is 6.41 Å². The molecule has 0 saturated carbocycles. The van der Waals surface area contributed by atoms with E-state index in [2.05, 4.69) is 5.32 Å². The van der Waals surface area contributed by atoms with Crippen LogP contribution in [-0.4, -0.2) is 24.2 Å². The van der Waals surface area contributed by atoms with Gasteiger partial charge in [-0.2, -0.15) is 0 Å². The second-order valence-electron chi connectivity index (χ2n) is 2.95. The molecule has 14 heavy (non-hydrogen) atoms. The molecule has 0 saturated heterocycles. The molecule has 1 aromatic rings. The quantitative estimate of drug-likeness (QED) is 0.689. The topological polar surface area (TPSA) is 58.6 Å². The fourth-order valence-corrected chi connectivity index (χ4v) is 0.932. The van der Waals surface area contributed by atoms with Crippen LogP contribution in [0.2, 0.25) is 0 Å². The molecular formula is C10H13NO3. The molecule has 1 aromatic carbocycles. The number of ether oxygens (including phenoxy) is 1. The van der Waals surface area contributed by atoms with Crippen molar-refractivity contribution in [1.29, 1.82) is 0 Å². The Morgan fingerprint density at radius 2 is 2.14 bits per heavy atom. The Bertz CT molecular complexity index is 282. The Balaban J connectivity index is 2.50. The summed E-state index contributed by atoms with van der Waals surface area (Å²) in [4.78, 5) is 10.1. The highest BCUT2D eigenvalue weighted by molar-refractivity contribution is 5.71. The van der Waals surface area contributed by atoms with E-state index in [1.165, 1.54) is 0 Å². The lowest BCUT2D eigenvalue weighted by Crippen LogP contribution is -2.12. The number of amides is 1. The Kier molecular flexibility index (Phi) is 3.94. The van der Waals surface area contributed by atoms with Gasteiger partial charge in [0.1, 0.15) is 12.4 Å². The van der Waals surface area contributed by atoms with E-state index in [-0.39, 0.29) is 6.61 Å². The Hall–Kier alpha value is -1.55. The van der Waals surface area contributed by atoms with Crippen LogP contribution >= 0.6 is 0 Å². The predicted molar refractivity (Wildman–Crippen MR) is 53.3 cm³/mol. The van der Waals surface area contributed by atoms with Crippen molar-refractivity contribution in [1.82, 2.24) is 0 Å². The highest BCUT2D eigenvalue weighted by Gasteiger charge is 1.97.